The molecule has 1 atom stereocenters. The van der Waals surface area contributed by atoms with E-state index >= 15 is 0 Å². The monoisotopic (exact) mass is 213 g/mol. The number of esters is 1. The average molecular weight is 213 g/mol. The molecule has 1 unspecified atom stereocenters. The molecule has 0 saturated carbocycles. The highest BCUT2D eigenvalue weighted by molar-refractivity contribution is 5.99. The second kappa shape index (κ2) is 6.19. The second-order valence-corrected chi connectivity index (χ2v) is 2.97. The quantitative estimate of drug-likeness (QED) is 0.521. The van der Waals surface area contributed by atoms with Gasteiger partial charge in [0.15, 0.2) is 0 Å². The zero-order valence-electron chi connectivity index (χ0n) is 8.93. The zero-order valence-corrected chi connectivity index (χ0v) is 8.93. The lowest BCUT2D eigenvalue weighted by atomic mass is 10.2. The van der Waals surface area contributed by atoms with Gasteiger partial charge in [0.25, 0.3) is 0 Å². The van der Waals surface area contributed by atoms with Crippen LogP contribution in [-0.4, -0.2) is 31.7 Å². The number of carbonyl (C=O) groups is 1. The van der Waals surface area contributed by atoms with E-state index in [1.54, 1.807) is 6.08 Å². The summed E-state index contributed by atoms with van der Waals surface area (Å²) in [5, 5.41) is 3.83. The van der Waals surface area contributed by atoms with E-state index < -0.39 is 5.97 Å². The fourth-order valence-corrected chi connectivity index (χ4v) is 1.14. The Morgan fingerprint density at radius 2 is 2.53 bits per heavy atom. The van der Waals surface area contributed by atoms with Crippen LogP contribution in [0.4, 0.5) is 0 Å². The fourth-order valence-electron chi connectivity index (χ4n) is 1.14. The first-order valence-electron chi connectivity index (χ1n) is 4.86. The molecular formula is C10H15NO4. The van der Waals surface area contributed by atoms with Gasteiger partial charge in [-0.3, -0.25) is 0 Å². The van der Waals surface area contributed by atoms with Crippen molar-refractivity contribution in [3.63, 3.8) is 0 Å². The summed E-state index contributed by atoms with van der Waals surface area (Å²) in [6.45, 7) is 2.51. The van der Waals surface area contributed by atoms with Crippen LogP contribution in [0.2, 0.25) is 0 Å². The molecule has 1 heterocycles. The standard InChI is InChI=1S/C10H15NO4/c1-3-14-10-7-5-8(11-15-10)4-6-9(12)13-2/h4,6,10H,3,5,7H2,1-2H3/b6-4+. The molecule has 0 aromatic heterocycles. The number of methoxy groups -OCH3 is 1. The summed E-state index contributed by atoms with van der Waals surface area (Å²) in [6, 6.07) is 0. The topological polar surface area (TPSA) is 57.1 Å². The molecule has 0 fully saturated rings. The van der Waals surface area contributed by atoms with E-state index in [2.05, 4.69) is 9.89 Å². The summed E-state index contributed by atoms with van der Waals surface area (Å²) in [5.74, 6) is -0.398. The lowest BCUT2D eigenvalue weighted by Crippen LogP contribution is -2.21. The molecule has 0 aliphatic carbocycles. The van der Waals surface area contributed by atoms with Crippen LogP contribution in [0.25, 0.3) is 0 Å². The molecule has 84 valence electrons. The first-order chi connectivity index (χ1) is 7.26. The summed E-state index contributed by atoms with van der Waals surface area (Å²) < 4.78 is 9.69. The van der Waals surface area contributed by atoms with E-state index in [-0.39, 0.29) is 6.29 Å². The van der Waals surface area contributed by atoms with Crippen molar-refractivity contribution in [3.05, 3.63) is 12.2 Å². The number of rotatable bonds is 4. The van der Waals surface area contributed by atoms with Crippen LogP contribution in [-0.2, 0) is 19.1 Å². The molecule has 5 heteroatoms. The number of allylic oxidation sites excluding steroid dienone is 1. The molecule has 1 rings (SSSR count). The van der Waals surface area contributed by atoms with E-state index in [1.807, 2.05) is 6.92 Å². The lowest BCUT2D eigenvalue weighted by Gasteiger charge is -2.19. The first kappa shape index (κ1) is 11.7. The molecule has 5 nitrogen and oxygen atoms in total. The number of ether oxygens (including phenoxy) is 2. The molecule has 15 heavy (non-hydrogen) atoms. The zero-order chi connectivity index (χ0) is 11.1. The van der Waals surface area contributed by atoms with Gasteiger partial charge in [0.05, 0.1) is 12.8 Å². The molecule has 0 radical (unpaired) electrons. The summed E-state index contributed by atoms with van der Waals surface area (Å²) in [5.41, 5.74) is 0.719. The molecule has 0 spiro atoms. The van der Waals surface area contributed by atoms with Crippen molar-refractivity contribution in [1.29, 1.82) is 0 Å². The third kappa shape index (κ3) is 4.12. The minimum Gasteiger partial charge on any atom is -0.466 e. The normalized spacial score (nSPS) is 20.9. The molecule has 0 bridgehead atoms. The largest absolute Gasteiger partial charge is 0.466 e. The van der Waals surface area contributed by atoms with E-state index in [9.17, 15) is 4.79 Å². The third-order valence-corrected chi connectivity index (χ3v) is 1.89. The van der Waals surface area contributed by atoms with Crippen LogP contribution in [0.1, 0.15) is 19.8 Å². The lowest BCUT2D eigenvalue weighted by molar-refractivity contribution is -0.146. The summed E-state index contributed by atoms with van der Waals surface area (Å²) in [7, 11) is 1.33. The van der Waals surface area contributed by atoms with Gasteiger partial charge in [-0.25, -0.2) is 4.79 Å². The minimum absolute atomic E-state index is 0.259. The van der Waals surface area contributed by atoms with Gasteiger partial charge in [0.2, 0.25) is 6.29 Å². The predicted octanol–water partition coefficient (Wildman–Crippen LogP) is 1.24. The number of hydrogen-bond acceptors (Lipinski definition) is 5. The Hall–Kier alpha value is -1.36. The Bertz CT molecular complexity index is 273. The Labute approximate surface area is 88.7 Å². The van der Waals surface area contributed by atoms with Gasteiger partial charge in [0.1, 0.15) is 0 Å². The molecular weight excluding hydrogens is 198 g/mol. The summed E-state index contributed by atoms with van der Waals surface area (Å²) in [4.78, 5) is 15.9. The van der Waals surface area contributed by atoms with E-state index in [0.29, 0.717) is 6.61 Å². The van der Waals surface area contributed by atoms with Gasteiger partial charge < -0.3 is 14.3 Å². The van der Waals surface area contributed by atoms with Crippen LogP contribution >= 0.6 is 0 Å². The van der Waals surface area contributed by atoms with Crippen molar-refractivity contribution in [2.24, 2.45) is 5.16 Å². The first-order valence-corrected chi connectivity index (χ1v) is 4.86. The molecule has 0 N–H and O–H groups in total. The molecule has 0 amide bonds. The van der Waals surface area contributed by atoms with Gasteiger partial charge >= 0.3 is 5.97 Å². The SMILES string of the molecule is CCOC1CCC(/C=C/C(=O)OC)=NO1. The number of carbonyl (C=O) groups excluding carboxylic acids is 1. The van der Waals surface area contributed by atoms with Crippen molar-refractivity contribution in [1.82, 2.24) is 0 Å². The predicted molar refractivity (Wildman–Crippen MR) is 54.3 cm³/mol. The van der Waals surface area contributed by atoms with E-state index in [1.165, 1.54) is 13.2 Å². The number of nitrogens with zero attached hydrogens (tertiary/aromatic N) is 1. The smallest absolute Gasteiger partial charge is 0.330 e. The van der Waals surface area contributed by atoms with Crippen LogP contribution in [0.5, 0.6) is 0 Å². The van der Waals surface area contributed by atoms with Crippen molar-refractivity contribution in [2.45, 2.75) is 26.1 Å². The molecule has 0 saturated heterocycles. The van der Waals surface area contributed by atoms with E-state index in [4.69, 9.17) is 9.57 Å². The maximum atomic E-state index is 10.8. The van der Waals surface area contributed by atoms with Crippen LogP contribution < -0.4 is 0 Å². The van der Waals surface area contributed by atoms with Gasteiger partial charge in [-0.15, -0.1) is 0 Å². The fraction of sp³-hybridized carbons (Fsp3) is 0.600. The van der Waals surface area contributed by atoms with Gasteiger partial charge in [-0.05, 0) is 19.4 Å². The van der Waals surface area contributed by atoms with Crippen molar-refractivity contribution >= 4 is 11.7 Å². The summed E-state index contributed by atoms with van der Waals surface area (Å²) in [6.07, 6.45) is 4.14. The molecule has 0 aromatic carbocycles. The summed E-state index contributed by atoms with van der Waals surface area (Å²) >= 11 is 0. The highest BCUT2D eigenvalue weighted by atomic mass is 16.8. The Balaban J connectivity index is 2.40. The van der Waals surface area contributed by atoms with E-state index in [0.717, 1.165) is 18.6 Å². The van der Waals surface area contributed by atoms with Crippen molar-refractivity contribution in [2.75, 3.05) is 13.7 Å². The molecule has 1 aliphatic heterocycles. The Kier molecular flexibility index (Phi) is 4.83. The minimum atomic E-state index is -0.398. The maximum Gasteiger partial charge on any atom is 0.330 e. The highest BCUT2D eigenvalue weighted by Crippen LogP contribution is 2.12. The van der Waals surface area contributed by atoms with Crippen molar-refractivity contribution < 1.29 is 19.1 Å². The average Bonchev–Trinajstić information content (AvgIpc) is 2.28. The highest BCUT2D eigenvalue weighted by Gasteiger charge is 2.15. The Morgan fingerprint density at radius 3 is 3.07 bits per heavy atom. The maximum absolute atomic E-state index is 10.8. The van der Waals surface area contributed by atoms with Gasteiger partial charge in [-0.2, -0.15) is 0 Å². The van der Waals surface area contributed by atoms with Crippen LogP contribution in [0.3, 0.4) is 0 Å². The Morgan fingerprint density at radius 1 is 1.73 bits per heavy atom. The molecule has 0 aromatic rings. The van der Waals surface area contributed by atoms with Gasteiger partial charge in [-0.1, -0.05) is 5.16 Å². The third-order valence-electron chi connectivity index (χ3n) is 1.89. The molecule has 1 aliphatic rings. The van der Waals surface area contributed by atoms with Crippen molar-refractivity contribution in [3.8, 4) is 0 Å². The van der Waals surface area contributed by atoms with Crippen LogP contribution in [0, 0.1) is 0 Å². The number of oxime groups is 1. The van der Waals surface area contributed by atoms with Crippen LogP contribution in [0.15, 0.2) is 17.3 Å². The second-order valence-electron chi connectivity index (χ2n) is 2.97. The number of hydrogen-bond donors (Lipinski definition) is 0. The van der Waals surface area contributed by atoms with Gasteiger partial charge in [0, 0.05) is 19.1 Å².